The van der Waals surface area contributed by atoms with Gasteiger partial charge in [-0.25, -0.2) is 0 Å². The highest BCUT2D eigenvalue weighted by Gasteiger charge is 2.41. The normalized spacial score (nSPS) is 26.1. The number of nitrogens with zero attached hydrogens (tertiary/aromatic N) is 1. The first-order chi connectivity index (χ1) is 6.26. The van der Waals surface area contributed by atoms with Crippen LogP contribution in [-0.2, 0) is 0 Å². The van der Waals surface area contributed by atoms with Crippen LogP contribution in [0.4, 0.5) is 0 Å². The molecule has 2 N–H and O–H groups in total. The Kier molecular flexibility index (Phi) is 2.61. The van der Waals surface area contributed by atoms with Crippen molar-refractivity contribution in [1.29, 1.82) is 0 Å². The van der Waals surface area contributed by atoms with Crippen molar-refractivity contribution < 1.29 is 0 Å². The number of hydrogen-bond donors (Lipinski definition) is 1. The van der Waals surface area contributed by atoms with Gasteiger partial charge in [0.05, 0.1) is 0 Å². The molecule has 0 aromatic carbocycles. The third kappa shape index (κ3) is 2.05. The summed E-state index contributed by atoms with van der Waals surface area (Å²) in [7, 11) is 2.27. The molecule has 0 spiro atoms. The van der Waals surface area contributed by atoms with Crippen molar-refractivity contribution in [2.75, 3.05) is 20.1 Å². The van der Waals surface area contributed by atoms with Gasteiger partial charge in [-0.1, -0.05) is 6.42 Å². The van der Waals surface area contributed by atoms with Crippen LogP contribution in [0.1, 0.15) is 38.5 Å². The summed E-state index contributed by atoms with van der Waals surface area (Å²) in [6, 6.07) is 0.897. The number of hydrogen-bond acceptors (Lipinski definition) is 2. The average molecular weight is 182 g/mol. The van der Waals surface area contributed by atoms with Gasteiger partial charge in [-0.05, 0) is 57.7 Å². The van der Waals surface area contributed by atoms with E-state index < -0.39 is 0 Å². The molecular weight excluding hydrogens is 160 g/mol. The molecule has 13 heavy (non-hydrogen) atoms. The Morgan fingerprint density at radius 3 is 2.46 bits per heavy atom. The summed E-state index contributed by atoms with van der Waals surface area (Å²) in [5.74, 6) is 0. The molecule has 0 aromatic rings. The quantitative estimate of drug-likeness (QED) is 0.700. The Bertz CT molecular complexity index is 171. The fourth-order valence-corrected chi connectivity index (χ4v) is 2.16. The minimum absolute atomic E-state index is 0.567. The second-order valence-corrected chi connectivity index (χ2v) is 5.02. The third-order valence-corrected chi connectivity index (χ3v) is 4.08. The zero-order valence-electron chi connectivity index (χ0n) is 8.76. The van der Waals surface area contributed by atoms with Gasteiger partial charge in [0.25, 0.3) is 0 Å². The number of nitrogens with two attached hydrogens (primary N) is 1. The summed E-state index contributed by atoms with van der Waals surface area (Å²) >= 11 is 0. The van der Waals surface area contributed by atoms with Crippen LogP contribution in [0.25, 0.3) is 0 Å². The molecule has 0 aliphatic heterocycles. The zero-order valence-corrected chi connectivity index (χ0v) is 8.76. The van der Waals surface area contributed by atoms with Crippen molar-refractivity contribution in [2.45, 2.75) is 44.6 Å². The maximum Gasteiger partial charge on any atom is 0.00922 e. The predicted molar refractivity (Wildman–Crippen MR) is 55.6 cm³/mol. The SMILES string of the molecule is CN(CCC1(CN)CC1)C1CCC1. The molecule has 2 nitrogen and oxygen atoms in total. The van der Waals surface area contributed by atoms with E-state index in [0.29, 0.717) is 5.41 Å². The summed E-state index contributed by atoms with van der Waals surface area (Å²) in [6.45, 7) is 2.17. The highest BCUT2D eigenvalue weighted by Crippen LogP contribution is 2.47. The summed E-state index contributed by atoms with van der Waals surface area (Å²) in [5.41, 5.74) is 6.33. The van der Waals surface area contributed by atoms with Crippen LogP contribution in [0.5, 0.6) is 0 Å². The Hall–Kier alpha value is -0.0800. The molecule has 2 saturated carbocycles. The standard InChI is InChI=1S/C11H22N2/c1-13(10-3-2-4-10)8-7-11(9-12)5-6-11/h10H,2-9,12H2,1H3. The van der Waals surface area contributed by atoms with Gasteiger partial charge < -0.3 is 10.6 Å². The van der Waals surface area contributed by atoms with Gasteiger partial charge in [0.15, 0.2) is 0 Å². The molecule has 0 amide bonds. The largest absolute Gasteiger partial charge is 0.330 e. The van der Waals surface area contributed by atoms with Gasteiger partial charge in [0, 0.05) is 6.04 Å². The molecule has 0 heterocycles. The molecule has 76 valence electrons. The Balaban J connectivity index is 1.66. The fraction of sp³-hybridized carbons (Fsp3) is 1.00. The molecule has 2 rings (SSSR count). The fourth-order valence-electron chi connectivity index (χ4n) is 2.16. The minimum atomic E-state index is 0.567. The first-order valence-corrected chi connectivity index (χ1v) is 5.66. The molecular formula is C11H22N2. The van der Waals surface area contributed by atoms with Gasteiger partial charge in [-0.2, -0.15) is 0 Å². The van der Waals surface area contributed by atoms with Crippen molar-refractivity contribution in [2.24, 2.45) is 11.1 Å². The van der Waals surface area contributed by atoms with Crippen LogP contribution < -0.4 is 5.73 Å². The van der Waals surface area contributed by atoms with E-state index in [4.69, 9.17) is 5.73 Å². The van der Waals surface area contributed by atoms with Crippen molar-refractivity contribution in [3.63, 3.8) is 0 Å². The van der Waals surface area contributed by atoms with E-state index in [9.17, 15) is 0 Å². The van der Waals surface area contributed by atoms with Crippen LogP contribution in [0.3, 0.4) is 0 Å². The molecule has 2 heteroatoms. The van der Waals surface area contributed by atoms with Crippen molar-refractivity contribution in [3.05, 3.63) is 0 Å². The van der Waals surface area contributed by atoms with Gasteiger partial charge in [0.1, 0.15) is 0 Å². The summed E-state index contributed by atoms with van der Waals surface area (Å²) in [4.78, 5) is 2.54. The van der Waals surface area contributed by atoms with E-state index >= 15 is 0 Å². The first kappa shape index (κ1) is 9.47. The van der Waals surface area contributed by atoms with Gasteiger partial charge in [-0.15, -0.1) is 0 Å². The molecule has 2 aliphatic carbocycles. The highest BCUT2D eigenvalue weighted by atomic mass is 15.1. The van der Waals surface area contributed by atoms with Crippen molar-refractivity contribution in [1.82, 2.24) is 4.90 Å². The maximum absolute atomic E-state index is 5.76. The van der Waals surface area contributed by atoms with Crippen LogP contribution >= 0.6 is 0 Å². The van der Waals surface area contributed by atoms with Crippen molar-refractivity contribution in [3.8, 4) is 0 Å². The van der Waals surface area contributed by atoms with Crippen LogP contribution in [-0.4, -0.2) is 31.1 Å². The van der Waals surface area contributed by atoms with E-state index in [1.165, 1.54) is 45.1 Å². The van der Waals surface area contributed by atoms with E-state index in [-0.39, 0.29) is 0 Å². The summed E-state index contributed by atoms with van der Waals surface area (Å²) in [6.07, 6.45) is 8.37. The lowest BCUT2D eigenvalue weighted by Crippen LogP contribution is -2.38. The van der Waals surface area contributed by atoms with E-state index in [1.54, 1.807) is 0 Å². The molecule has 0 unspecified atom stereocenters. The topological polar surface area (TPSA) is 29.3 Å². The van der Waals surface area contributed by atoms with Gasteiger partial charge in [-0.3, -0.25) is 0 Å². The molecule has 0 atom stereocenters. The zero-order chi connectivity index (χ0) is 9.31. The lowest BCUT2D eigenvalue weighted by Gasteiger charge is -2.35. The van der Waals surface area contributed by atoms with Crippen molar-refractivity contribution >= 4 is 0 Å². The second-order valence-electron chi connectivity index (χ2n) is 5.02. The van der Waals surface area contributed by atoms with E-state index in [2.05, 4.69) is 11.9 Å². The minimum Gasteiger partial charge on any atom is -0.330 e. The van der Waals surface area contributed by atoms with Crippen LogP contribution in [0.2, 0.25) is 0 Å². The molecule has 0 saturated heterocycles. The van der Waals surface area contributed by atoms with Gasteiger partial charge >= 0.3 is 0 Å². The maximum atomic E-state index is 5.76. The Morgan fingerprint density at radius 1 is 1.38 bits per heavy atom. The molecule has 0 bridgehead atoms. The third-order valence-electron chi connectivity index (χ3n) is 4.08. The highest BCUT2D eigenvalue weighted by molar-refractivity contribution is 4.94. The smallest absolute Gasteiger partial charge is 0.00922 e. The Labute approximate surface area is 81.5 Å². The Morgan fingerprint density at radius 2 is 2.08 bits per heavy atom. The molecule has 0 aromatic heterocycles. The predicted octanol–water partition coefficient (Wildman–Crippen LogP) is 1.60. The van der Waals surface area contributed by atoms with E-state index in [0.717, 1.165) is 12.6 Å². The molecule has 2 aliphatic rings. The van der Waals surface area contributed by atoms with E-state index in [1.807, 2.05) is 0 Å². The monoisotopic (exact) mass is 182 g/mol. The lowest BCUT2D eigenvalue weighted by molar-refractivity contribution is 0.149. The van der Waals surface area contributed by atoms with Crippen LogP contribution in [0.15, 0.2) is 0 Å². The lowest BCUT2D eigenvalue weighted by atomic mass is 9.91. The summed E-state index contributed by atoms with van der Waals surface area (Å²) < 4.78 is 0. The first-order valence-electron chi connectivity index (χ1n) is 5.66. The summed E-state index contributed by atoms with van der Waals surface area (Å²) in [5, 5.41) is 0. The number of rotatable bonds is 5. The van der Waals surface area contributed by atoms with Gasteiger partial charge in [0.2, 0.25) is 0 Å². The molecule has 0 radical (unpaired) electrons. The van der Waals surface area contributed by atoms with Crippen LogP contribution in [0, 0.1) is 5.41 Å². The molecule has 2 fully saturated rings. The average Bonchev–Trinajstić information content (AvgIpc) is 2.78. The second kappa shape index (κ2) is 3.58.